The minimum Gasteiger partial charge on any atom is -0.359 e. The van der Waals surface area contributed by atoms with Crippen molar-refractivity contribution in [1.29, 1.82) is 0 Å². The van der Waals surface area contributed by atoms with Crippen molar-refractivity contribution in [1.82, 2.24) is 9.97 Å². The Morgan fingerprint density at radius 1 is 1.39 bits per heavy atom. The SMILES string of the molecule is Cc1c(NN)nc(C(C)C)nc1N(C)CC1CC1. The quantitative estimate of drug-likeness (QED) is 0.617. The highest BCUT2D eigenvalue weighted by Crippen LogP contribution is 2.32. The lowest BCUT2D eigenvalue weighted by Gasteiger charge is -2.22. The smallest absolute Gasteiger partial charge is 0.148 e. The molecule has 0 spiro atoms. The first-order valence-electron chi connectivity index (χ1n) is 6.59. The number of hydrazine groups is 1. The highest BCUT2D eigenvalue weighted by Gasteiger charge is 2.25. The van der Waals surface area contributed by atoms with E-state index in [9.17, 15) is 0 Å². The van der Waals surface area contributed by atoms with Crippen molar-refractivity contribution in [2.75, 3.05) is 23.9 Å². The van der Waals surface area contributed by atoms with E-state index >= 15 is 0 Å². The molecule has 1 saturated carbocycles. The zero-order valence-corrected chi connectivity index (χ0v) is 11.7. The van der Waals surface area contributed by atoms with E-state index in [1.54, 1.807) is 0 Å². The standard InChI is InChI=1S/C13H23N5/c1-8(2)11-15-12(17-14)9(3)13(16-11)18(4)7-10-5-6-10/h8,10H,5-7,14H2,1-4H3,(H,15,16,17). The van der Waals surface area contributed by atoms with Gasteiger partial charge in [-0.1, -0.05) is 13.8 Å². The third-order valence-corrected chi connectivity index (χ3v) is 3.38. The molecular weight excluding hydrogens is 226 g/mol. The second-order valence-corrected chi connectivity index (χ2v) is 5.50. The molecule has 0 atom stereocenters. The van der Waals surface area contributed by atoms with Crippen LogP contribution in [-0.2, 0) is 0 Å². The lowest BCUT2D eigenvalue weighted by molar-refractivity contribution is 0.738. The molecule has 0 aromatic carbocycles. The Labute approximate surface area is 109 Å². The molecule has 3 N–H and O–H groups in total. The Hall–Kier alpha value is -1.36. The summed E-state index contributed by atoms with van der Waals surface area (Å²) in [6.07, 6.45) is 2.68. The van der Waals surface area contributed by atoms with Gasteiger partial charge in [-0.3, -0.25) is 0 Å². The summed E-state index contributed by atoms with van der Waals surface area (Å²) in [6.45, 7) is 7.27. The van der Waals surface area contributed by atoms with E-state index in [-0.39, 0.29) is 0 Å². The predicted molar refractivity (Wildman–Crippen MR) is 74.7 cm³/mol. The Morgan fingerprint density at radius 2 is 2.06 bits per heavy atom. The molecule has 0 unspecified atom stereocenters. The lowest BCUT2D eigenvalue weighted by Crippen LogP contribution is -2.24. The molecule has 1 aromatic heterocycles. The van der Waals surface area contributed by atoms with Crippen LogP contribution in [0.2, 0.25) is 0 Å². The lowest BCUT2D eigenvalue weighted by atomic mass is 10.2. The second-order valence-electron chi connectivity index (χ2n) is 5.50. The van der Waals surface area contributed by atoms with Crippen LogP contribution in [-0.4, -0.2) is 23.6 Å². The molecule has 0 bridgehead atoms. The van der Waals surface area contributed by atoms with E-state index in [1.165, 1.54) is 12.8 Å². The van der Waals surface area contributed by atoms with Crippen molar-refractivity contribution in [3.8, 4) is 0 Å². The molecule has 5 nitrogen and oxygen atoms in total. The number of anilines is 2. The number of rotatable bonds is 5. The normalized spacial score (nSPS) is 15.0. The Balaban J connectivity index is 2.33. The molecule has 18 heavy (non-hydrogen) atoms. The first kappa shape index (κ1) is 13.1. The van der Waals surface area contributed by atoms with E-state index < -0.39 is 0 Å². The van der Waals surface area contributed by atoms with Crippen molar-refractivity contribution < 1.29 is 0 Å². The van der Waals surface area contributed by atoms with Crippen molar-refractivity contribution in [3.63, 3.8) is 0 Å². The van der Waals surface area contributed by atoms with E-state index in [0.717, 1.165) is 35.5 Å². The largest absolute Gasteiger partial charge is 0.359 e. The van der Waals surface area contributed by atoms with Crippen LogP contribution in [0.3, 0.4) is 0 Å². The van der Waals surface area contributed by atoms with Crippen LogP contribution in [0.25, 0.3) is 0 Å². The predicted octanol–water partition coefficient (Wildman–Crippen LogP) is 2.04. The second kappa shape index (κ2) is 5.10. The molecule has 0 aliphatic heterocycles. The van der Waals surface area contributed by atoms with Crippen LogP contribution in [0.4, 0.5) is 11.6 Å². The van der Waals surface area contributed by atoms with Gasteiger partial charge in [0.1, 0.15) is 17.5 Å². The molecule has 0 saturated heterocycles. The number of hydrogen-bond donors (Lipinski definition) is 2. The summed E-state index contributed by atoms with van der Waals surface area (Å²) in [5.41, 5.74) is 3.70. The summed E-state index contributed by atoms with van der Waals surface area (Å²) in [5, 5.41) is 0. The average molecular weight is 249 g/mol. The molecule has 100 valence electrons. The molecular formula is C13H23N5. The van der Waals surface area contributed by atoms with Crippen LogP contribution >= 0.6 is 0 Å². The number of nitrogens with one attached hydrogen (secondary N) is 1. The van der Waals surface area contributed by atoms with Crippen LogP contribution in [0.1, 0.15) is 44.0 Å². The molecule has 1 heterocycles. The van der Waals surface area contributed by atoms with Crippen LogP contribution < -0.4 is 16.2 Å². The van der Waals surface area contributed by atoms with Crippen molar-refractivity contribution in [2.24, 2.45) is 11.8 Å². The summed E-state index contributed by atoms with van der Waals surface area (Å²) < 4.78 is 0. The highest BCUT2D eigenvalue weighted by molar-refractivity contribution is 5.58. The topological polar surface area (TPSA) is 67.1 Å². The highest BCUT2D eigenvalue weighted by atomic mass is 15.3. The molecule has 1 aromatic rings. The first-order chi connectivity index (χ1) is 8.52. The molecule has 5 heteroatoms. The van der Waals surface area contributed by atoms with Crippen molar-refractivity contribution >= 4 is 11.6 Å². The summed E-state index contributed by atoms with van der Waals surface area (Å²) >= 11 is 0. The maximum atomic E-state index is 5.54. The van der Waals surface area contributed by atoms with Gasteiger partial charge in [-0.05, 0) is 25.7 Å². The Kier molecular flexibility index (Phi) is 3.71. The van der Waals surface area contributed by atoms with Crippen LogP contribution in [0.5, 0.6) is 0 Å². The van der Waals surface area contributed by atoms with E-state index in [2.05, 4.69) is 41.2 Å². The minimum atomic E-state index is 0.297. The van der Waals surface area contributed by atoms with Gasteiger partial charge in [0, 0.05) is 25.1 Å². The zero-order chi connectivity index (χ0) is 13.3. The number of nitrogens with two attached hydrogens (primary N) is 1. The third kappa shape index (κ3) is 2.72. The minimum absolute atomic E-state index is 0.297. The van der Waals surface area contributed by atoms with Gasteiger partial charge in [-0.2, -0.15) is 0 Å². The Morgan fingerprint density at radius 3 is 2.56 bits per heavy atom. The number of nitrogens with zero attached hydrogens (tertiary/aromatic N) is 3. The monoisotopic (exact) mass is 249 g/mol. The van der Waals surface area contributed by atoms with Gasteiger partial charge in [0.25, 0.3) is 0 Å². The fraction of sp³-hybridized carbons (Fsp3) is 0.692. The van der Waals surface area contributed by atoms with Gasteiger partial charge in [0.15, 0.2) is 0 Å². The van der Waals surface area contributed by atoms with E-state index in [4.69, 9.17) is 5.84 Å². The zero-order valence-electron chi connectivity index (χ0n) is 11.7. The molecule has 1 aliphatic rings. The van der Waals surface area contributed by atoms with Crippen molar-refractivity contribution in [3.05, 3.63) is 11.4 Å². The van der Waals surface area contributed by atoms with Gasteiger partial charge in [0.2, 0.25) is 0 Å². The fourth-order valence-corrected chi connectivity index (χ4v) is 2.07. The van der Waals surface area contributed by atoms with E-state index in [1.807, 2.05) is 6.92 Å². The van der Waals surface area contributed by atoms with E-state index in [0.29, 0.717) is 5.92 Å². The van der Waals surface area contributed by atoms with Gasteiger partial charge >= 0.3 is 0 Å². The van der Waals surface area contributed by atoms with Gasteiger partial charge in [0.05, 0.1) is 0 Å². The summed E-state index contributed by atoms with van der Waals surface area (Å²) in [7, 11) is 2.10. The fourth-order valence-electron chi connectivity index (χ4n) is 2.07. The Bertz CT molecular complexity index is 426. The number of nitrogen functional groups attached to an aromatic ring is 1. The number of aromatic nitrogens is 2. The van der Waals surface area contributed by atoms with Crippen molar-refractivity contribution in [2.45, 2.75) is 39.5 Å². The summed E-state index contributed by atoms with van der Waals surface area (Å²) in [6, 6.07) is 0. The maximum absolute atomic E-state index is 5.54. The van der Waals surface area contributed by atoms with Gasteiger partial charge in [-0.15, -0.1) is 0 Å². The molecule has 1 aliphatic carbocycles. The van der Waals surface area contributed by atoms with Crippen LogP contribution in [0.15, 0.2) is 0 Å². The van der Waals surface area contributed by atoms with Crippen LogP contribution in [0, 0.1) is 12.8 Å². The molecule has 0 amide bonds. The molecule has 2 rings (SSSR count). The van der Waals surface area contributed by atoms with Gasteiger partial charge in [-0.25, -0.2) is 15.8 Å². The summed E-state index contributed by atoms with van der Waals surface area (Å²) in [5.74, 6) is 9.24. The third-order valence-electron chi connectivity index (χ3n) is 3.38. The van der Waals surface area contributed by atoms with Gasteiger partial charge < -0.3 is 10.3 Å². The average Bonchev–Trinajstić information content (AvgIpc) is 3.12. The first-order valence-corrected chi connectivity index (χ1v) is 6.59. The maximum Gasteiger partial charge on any atom is 0.148 e. The molecule has 0 radical (unpaired) electrons. The summed E-state index contributed by atoms with van der Waals surface area (Å²) in [4.78, 5) is 11.4. The molecule has 1 fully saturated rings. The number of hydrogen-bond acceptors (Lipinski definition) is 5.